The summed E-state index contributed by atoms with van der Waals surface area (Å²) in [6.45, 7) is 3.90. The fraction of sp³-hybridized carbons (Fsp3) is 0.500. The van der Waals surface area contributed by atoms with Gasteiger partial charge in [-0.25, -0.2) is 0 Å². The first-order valence-electron chi connectivity index (χ1n) is 5.36. The van der Waals surface area contributed by atoms with Gasteiger partial charge >= 0.3 is 0 Å². The van der Waals surface area contributed by atoms with E-state index < -0.39 is 6.10 Å². The molecular formula is C12H16O3. The van der Waals surface area contributed by atoms with Crippen LogP contribution in [0.2, 0.25) is 0 Å². The molecule has 82 valence electrons. The molecule has 2 atom stereocenters. The van der Waals surface area contributed by atoms with Gasteiger partial charge in [-0.1, -0.05) is 19.4 Å². The average molecular weight is 208 g/mol. The summed E-state index contributed by atoms with van der Waals surface area (Å²) in [7, 11) is 0. The van der Waals surface area contributed by atoms with Gasteiger partial charge in [0.25, 0.3) is 0 Å². The minimum absolute atomic E-state index is 0.224. The third-order valence-electron chi connectivity index (χ3n) is 2.50. The molecule has 1 aliphatic heterocycles. The van der Waals surface area contributed by atoms with E-state index in [2.05, 4.69) is 6.92 Å². The first kappa shape index (κ1) is 10.3. The van der Waals surface area contributed by atoms with Gasteiger partial charge in [-0.05, 0) is 24.1 Å². The van der Waals surface area contributed by atoms with E-state index >= 15 is 0 Å². The van der Waals surface area contributed by atoms with Crippen molar-refractivity contribution in [2.45, 2.75) is 39.1 Å². The van der Waals surface area contributed by atoms with Gasteiger partial charge in [0.15, 0.2) is 11.5 Å². The maximum absolute atomic E-state index is 9.82. The molecule has 2 unspecified atom stereocenters. The molecule has 1 aromatic carbocycles. The maximum atomic E-state index is 9.82. The molecule has 0 fully saturated rings. The lowest BCUT2D eigenvalue weighted by Crippen LogP contribution is -2.11. The van der Waals surface area contributed by atoms with Crippen LogP contribution in [0.15, 0.2) is 18.2 Å². The summed E-state index contributed by atoms with van der Waals surface area (Å²) in [5, 5.41) is 9.82. The highest BCUT2D eigenvalue weighted by Gasteiger charge is 2.21. The van der Waals surface area contributed by atoms with Crippen molar-refractivity contribution >= 4 is 0 Å². The van der Waals surface area contributed by atoms with Crippen molar-refractivity contribution in [3.8, 4) is 11.5 Å². The predicted molar refractivity (Wildman–Crippen MR) is 57.0 cm³/mol. The van der Waals surface area contributed by atoms with Crippen LogP contribution in [0.25, 0.3) is 0 Å². The van der Waals surface area contributed by atoms with E-state index in [1.807, 2.05) is 25.1 Å². The Hall–Kier alpha value is -1.22. The molecule has 0 bridgehead atoms. The zero-order valence-electron chi connectivity index (χ0n) is 9.06. The molecule has 0 amide bonds. The van der Waals surface area contributed by atoms with Crippen LogP contribution in [0.4, 0.5) is 0 Å². The Labute approximate surface area is 89.6 Å². The molecule has 0 saturated heterocycles. The van der Waals surface area contributed by atoms with Crippen LogP contribution >= 0.6 is 0 Å². The number of ether oxygens (including phenoxy) is 2. The highest BCUT2D eigenvalue weighted by molar-refractivity contribution is 5.45. The second-order valence-corrected chi connectivity index (χ2v) is 3.81. The predicted octanol–water partition coefficient (Wildman–Crippen LogP) is 2.64. The highest BCUT2D eigenvalue weighted by Crippen LogP contribution is 2.37. The van der Waals surface area contributed by atoms with Crippen LogP contribution in [0.3, 0.4) is 0 Å². The summed E-state index contributed by atoms with van der Waals surface area (Å²) in [4.78, 5) is 0. The molecule has 0 aromatic heterocycles. The third kappa shape index (κ3) is 2.07. The summed E-state index contributed by atoms with van der Waals surface area (Å²) in [5.41, 5.74) is 0.897. The third-order valence-corrected chi connectivity index (χ3v) is 2.50. The Morgan fingerprint density at radius 2 is 2.07 bits per heavy atom. The molecular weight excluding hydrogens is 192 g/mol. The lowest BCUT2D eigenvalue weighted by atomic mass is 10.0. The molecule has 3 nitrogen and oxygen atoms in total. The van der Waals surface area contributed by atoms with Crippen molar-refractivity contribution in [3.63, 3.8) is 0 Å². The summed E-state index contributed by atoms with van der Waals surface area (Å²) >= 11 is 0. The Morgan fingerprint density at radius 1 is 1.33 bits per heavy atom. The quantitative estimate of drug-likeness (QED) is 0.829. The standard InChI is InChI=1S/C12H16O3/c1-3-4-10(13)9-5-6-11-12(7-9)15-8(2)14-11/h5-8,10,13H,3-4H2,1-2H3. The van der Waals surface area contributed by atoms with E-state index in [0.29, 0.717) is 0 Å². The lowest BCUT2D eigenvalue weighted by Gasteiger charge is -2.09. The molecule has 0 spiro atoms. The van der Waals surface area contributed by atoms with Gasteiger partial charge in [0.05, 0.1) is 6.10 Å². The second-order valence-electron chi connectivity index (χ2n) is 3.81. The average Bonchev–Trinajstić information content (AvgIpc) is 2.57. The molecule has 1 aliphatic rings. The zero-order valence-corrected chi connectivity index (χ0v) is 9.06. The molecule has 0 aliphatic carbocycles. The number of hydrogen-bond donors (Lipinski definition) is 1. The fourth-order valence-corrected chi connectivity index (χ4v) is 1.74. The number of hydrogen-bond acceptors (Lipinski definition) is 3. The van der Waals surface area contributed by atoms with Gasteiger partial charge < -0.3 is 14.6 Å². The molecule has 1 N–H and O–H groups in total. The zero-order chi connectivity index (χ0) is 10.8. The van der Waals surface area contributed by atoms with Crippen molar-refractivity contribution in [1.29, 1.82) is 0 Å². The first-order chi connectivity index (χ1) is 7.20. The van der Waals surface area contributed by atoms with E-state index in [0.717, 1.165) is 29.9 Å². The normalized spacial score (nSPS) is 20.3. The van der Waals surface area contributed by atoms with Crippen LogP contribution in [0, 0.1) is 0 Å². The van der Waals surface area contributed by atoms with Crippen LogP contribution in [0.1, 0.15) is 38.4 Å². The Kier molecular flexibility index (Phi) is 2.82. The van der Waals surface area contributed by atoms with Gasteiger partial charge in [0.2, 0.25) is 6.29 Å². The second kappa shape index (κ2) is 4.11. The molecule has 2 rings (SSSR count). The number of fused-ring (bicyclic) bond motifs is 1. The number of rotatable bonds is 3. The molecule has 0 radical (unpaired) electrons. The lowest BCUT2D eigenvalue weighted by molar-refractivity contribution is 0.0677. The SMILES string of the molecule is CCCC(O)c1ccc2c(c1)OC(C)O2. The van der Waals surface area contributed by atoms with E-state index in [1.165, 1.54) is 0 Å². The highest BCUT2D eigenvalue weighted by atomic mass is 16.7. The molecule has 15 heavy (non-hydrogen) atoms. The Bertz CT molecular complexity index is 349. The van der Waals surface area contributed by atoms with Crippen molar-refractivity contribution in [1.82, 2.24) is 0 Å². The van der Waals surface area contributed by atoms with Gasteiger partial charge in [0, 0.05) is 6.92 Å². The molecule has 1 aromatic rings. The van der Waals surface area contributed by atoms with Gasteiger partial charge in [-0.15, -0.1) is 0 Å². The smallest absolute Gasteiger partial charge is 0.238 e. The Balaban J connectivity index is 2.19. The Morgan fingerprint density at radius 3 is 2.80 bits per heavy atom. The van der Waals surface area contributed by atoms with Crippen LogP contribution in [0.5, 0.6) is 11.5 Å². The fourth-order valence-electron chi connectivity index (χ4n) is 1.74. The summed E-state index contributed by atoms with van der Waals surface area (Å²) in [6, 6.07) is 5.60. The molecule has 0 saturated carbocycles. The van der Waals surface area contributed by atoms with E-state index in [4.69, 9.17) is 9.47 Å². The van der Waals surface area contributed by atoms with Crippen molar-refractivity contribution < 1.29 is 14.6 Å². The number of aliphatic hydroxyl groups excluding tert-OH is 1. The van der Waals surface area contributed by atoms with Crippen molar-refractivity contribution in [2.24, 2.45) is 0 Å². The minimum Gasteiger partial charge on any atom is -0.451 e. The summed E-state index contributed by atoms with van der Waals surface area (Å²) in [5.74, 6) is 1.49. The van der Waals surface area contributed by atoms with Crippen LogP contribution in [-0.4, -0.2) is 11.4 Å². The maximum Gasteiger partial charge on any atom is 0.238 e. The summed E-state index contributed by atoms with van der Waals surface area (Å²) < 4.78 is 10.8. The molecule has 1 heterocycles. The number of aliphatic hydroxyl groups is 1. The van der Waals surface area contributed by atoms with Crippen LogP contribution in [-0.2, 0) is 0 Å². The number of benzene rings is 1. The minimum atomic E-state index is -0.403. The molecule has 3 heteroatoms. The van der Waals surface area contributed by atoms with Crippen molar-refractivity contribution in [3.05, 3.63) is 23.8 Å². The van der Waals surface area contributed by atoms with Gasteiger partial charge in [0.1, 0.15) is 0 Å². The van der Waals surface area contributed by atoms with E-state index in [9.17, 15) is 5.11 Å². The van der Waals surface area contributed by atoms with Crippen LogP contribution < -0.4 is 9.47 Å². The largest absolute Gasteiger partial charge is 0.451 e. The first-order valence-corrected chi connectivity index (χ1v) is 5.36. The summed E-state index contributed by atoms with van der Waals surface area (Å²) in [6.07, 6.45) is 1.11. The monoisotopic (exact) mass is 208 g/mol. The van der Waals surface area contributed by atoms with E-state index in [1.54, 1.807) is 0 Å². The van der Waals surface area contributed by atoms with Gasteiger partial charge in [-0.3, -0.25) is 0 Å². The topological polar surface area (TPSA) is 38.7 Å². The van der Waals surface area contributed by atoms with Crippen molar-refractivity contribution in [2.75, 3.05) is 0 Å². The van der Waals surface area contributed by atoms with E-state index in [-0.39, 0.29) is 6.29 Å². The van der Waals surface area contributed by atoms with Gasteiger partial charge in [-0.2, -0.15) is 0 Å².